The molecule has 8 N–H and O–H groups in total. The zero-order valence-electron chi connectivity index (χ0n) is 17.8. The van der Waals surface area contributed by atoms with Gasteiger partial charge in [0.2, 0.25) is 0 Å². The first kappa shape index (κ1) is 23.6. The van der Waals surface area contributed by atoms with Crippen LogP contribution < -0.4 is 17.2 Å². The molecule has 0 saturated carbocycles. The van der Waals surface area contributed by atoms with Crippen molar-refractivity contribution >= 4 is 11.7 Å². The van der Waals surface area contributed by atoms with Gasteiger partial charge in [-0.15, -0.1) is 0 Å². The lowest BCUT2D eigenvalue weighted by Gasteiger charge is -2.34. The standard InChI is InChI=1S/C15H22N4O2.C8H8O2/c1-10-9-19(6-7-21-10)13(15(17)18)8-12(16)11-4-2-3-5-14(11)20;1-6-3-2-4-7(5-6)8(9)10/h2-5,8,10,20H,6-7,9,16-18H2,1H3;2-5H,1H3,(H,9,10)/b12-8-;. The van der Waals surface area contributed by atoms with E-state index in [0.29, 0.717) is 42.2 Å². The lowest BCUT2D eigenvalue weighted by Crippen LogP contribution is -2.41. The summed E-state index contributed by atoms with van der Waals surface area (Å²) < 4.78 is 5.51. The number of aryl methyl sites for hydroxylation is 1. The van der Waals surface area contributed by atoms with Gasteiger partial charge < -0.3 is 37.1 Å². The molecule has 1 heterocycles. The van der Waals surface area contributed by atoms with Gasteiger partial charge in [-0.05, 0) is 44.2 Å². The molecule has 0 spiro atoms. The number of phenolic OH excluding ortho intramolecular Hbond substituents is 1. The number of aromatic hydroxyl groups is 1. The van der Waals surface area contributed by atoms with Crippen LogP contribution in [0.25, 0.3) is 5.70 Å². The summed E-state index contributed by atoms with van der Waals surface area (Å²) in [6.45, 7) is 5.86. The molecule has 3 rings (SSSR count). The number of carboxylic acids is 1. The van der Waals surface area contributed by atoms with Gasteiger partial charge in [-0.25, -0.2) is 4.79 Å². The van der Waals surface area contributed by atoms with E-state index in [0.717, 1.165) is 5.56 Å². The van der Waals surface area contributed by atoms with Crippen molar-refractivity contribution in [3.05, 3.63) is 82.8 Å². The summed E-state index contributed by atoms with van der Waals surface area (Å²) >= 11 is 0. The van der Waals surface area contributed by atoms with Crippen LogP contribution in [0.5, 0.6) is 5.75 Å². The van der Waals surface area contributed by atoms with Gasteiger partial charge in [-0.2, -0.15) is 0 Å². The highest BCUT2D eigenvalue weighted by atomic mass is 16.5. The number of morpholine rings is 1. The van der Waals surface area contributed by atoms with Crippen LogP contribution in [0.1, 0.15) is 28.4 Å². The van der Waals surface area contributed by atoms with E-state index < -0.39 is 5.97 Å². The van der Waals surface area contributed by atoms with E-state index in [-0.39, 0.29) is 17.7 Å². The first-order chi connectivity index (χ1) is 14.7. The zero-order chi connectivity index (χ0) is 23.0. The predicted molar refractivity (Wildman–Crippen MR) is 121 cm³/mol. The number of nitrogens with zero attached hydrogens (tertiary/aromatic N) is 1. The Balaban J connectivity index is 0.000000285. The molecule has 1 saturated heterocycles. The first-order valence-electron chi connectivity index (χ1n) is 9.86. The van der Waals surface area contributed by atoms with Crippen molar-refractivity contribution in [1.29, 1.82) is 0 Å². The highest BCUT2D eigenvalue weighted by Gasteiger charge is 2.20. The smallest absolute Gasteiger partial charge is 0.335 e. The number of carboxylic acid groups (broad SMARTS) is 1. The summed E-state index contributed by atoms with van der Waals surface area (Å²) in [5, 5.41) is 18.4. The normalized spacial score (nSPS) is 16.1. The van der Waals surface area contributed by atoms with Crippen molar-refractivity contribution in [3.8, 4) is 5.75 Å². The minimum atomic E-state index is -0.872. The minimum absolute atomic E-state index is 0.104. The summed E-state index contributed by atoms with van der Waals surface area (Å²) in [5.41, 5.74) is 20.6. The number of nitrogens with two attached hydrogens (primary N) is 3. The Morgan fingerprint density at radius 1 is 1.16 bits per heavy atom. The van der Waals surface area contributed by atoms with Crippen molar-refractivity contribution in [2.75, 3.05) is 19.7 Å². The van der Waals surface area contributed by atoms with Crippen molar-refractivity contribution in [2.45, 2.75) is 20.0 Å². The van der Waals surface area contributed by atoms with Crippen LogP contribution in [-0.4, -0.2) is 46.9 Å². The van der Waals surface area contributed by atoms with E-state index in [1.807, 2.05) is 30.9 Å². The van der Waals surface area contributed by atoms with Gasteiger partial charge in [0.05, 0.1) is 24.0 Å². The third-order valence-electron chi connectivity index (χ3n) is 4.65. The molecule has 0 amide bonds. The van der Waals surface area contributed by atoms with E-state index in [1.165, 1.54) is 0 Å². The summed E-state index contributed by atoms with van der Waals surface area (Å²) in [4.78, 5) is 12.4. The van der Waals surface area contributed by atoms with Crippen molar-refractivity contribution in [3.63, 3.8) is 0 Å². The number of hydrogen-bond donors (Lipinski definition) is 5. The van der Waals surface area contributed by atoms with E-state index >= 15 is 0 Å². The van der Waals surface area contributed by atoms with Crippen LogP contribution >= 0.6 is 0 Å². The molecular weight excluding hydrogens is 396 g/mol. The van der Waals surface area contributed by atoms with E-state index in [4.69, 9.17) is 27.0 Å². The third kappa shape index (κ3) is 6.97. The molecule has 1 atom stereocenters. The maximum absolute atomic E-state index is 10.4. The topological polar surface area (TPSA) is 148 Å². The van der Waals surface area contributed by atoms with Crippen LogP contribution in [0.15, 0.2) is 66.1 Å². The molecule has 0 aliphatic carbocycles. The van der Waals surface area contributed by atoms with Crippen LogP contribution in [0.3, 0.4) is 0 Å². The fourth-order valence-electron chi connectivity index (χ4n) is 3.12. The molecule has 0 bridgehead atoms. The Kier molecular flexibility index (Phi) is 8.33. The first-order valence-corrected chi connectivity index (χ1v) is 9.86. The molecule has 2 aromatic rings. The fourth-order valence-corrected chi connectivity index (χ4v) is 3.12. The molecule has 0 aromatic heterocycles. The molecule has 8 heteroatoms. The second-order valence-corrected chi connectivity index (χ2v) is 7.26. The van der Waals surface area contributed by atoms with Crippen LogP contribution in [0.2, 0.25) is 0 Å². The molecule has 8 nitrogen and oxygen atoms in total. The quantitative estimate of drug-likeness (QED) is 0.467. The summed E-state index contributed by atoms with van der Waals surface area (Å²) in [6, 6.07) is 13.7. The predicted octanol–water partition coefficient (Wildman–Crippen LogP) is 2.19. The van der Waals surface area contributed by atoms with Crippen LogP contribution in [0.4, 0.5) is 0 Å². The highest BCUT2D eigenvalue weighted by molar-refractivity contribution is 5.87. The molecule has 31 heavy (non-hydrogen) atoms. The largest absolute Gasteiger partial charge is 0.507 e. The minimum Gasteiger partial charge on any atom is -0.507 e. The second kappa shape index (κ2) is 10.9. The SMILES string of the molecule is CC1CN(C(/C=C(\N)c2ccccc2O)=C(N)N)CCO1.Cc1cccc(C(=O)O)c1. The number of phenols is 1. The molecule has 1 aliphatic rings. The van der Waals surface area contributed by atoms with Crippen molar-refractivity contribution in [2.24, 2.45) is 17.2 Å². The van der Waals surface area contributed by atoms with E-state index in [9.17, 15) is 9.90 Å². The number of benzene rings is 2. The number of allylic oxidation sites excluding steroid dienone is 1. The second-order valence-electron chi connectivity index (χ2n) is 7.26. The average Bonchev–Trinajstić information content (AvgIpc) is 2.72. The number of aromatic carboxylic acids is 1. The van der Waals surface area contributed by atoms with Gasteiger partial charge in [0.1, 0.15) is 11.6 Å². The van der Waals surface area contributed by atoms with Gasteiger partial charge >= 0.3 is 5.97 Å². The fraction of sp³-hybridized carbons (Fsp3) is 0.261. The number of rotatable bonds is 4. The van der Waals surface area contributed by atoms with Crippen molar-refractivity contribution in [1.82, 2.24) is 4.90 Å². The summed E-state index contributed by atoms with van der Waals surface area (Å²) in [7, 11) is 0. The maximum Gasteiger partial charge on any atom is 0.335 e. The Labute approximate surface area is 182 Å². The monoisotopic (exact) mass is 426 g/mol. The van der Waals surface area contributed by atoms with Gasteiger partial charge in [0.15, 0.2) is 0 Å². The number of ether oxygens (including phenoxy) is 1. The van der Waals surface area contributed by atoms with Crippen LogP contribution in [-0.2, 0) is 4.74 Å². The summed E-state index contributed by atoms with van der Waals surface area (Å²) in [5.74, 6) is -0.553. The number of carbonyl (C=O) groups is 1. The molecule has 2 aromatic carbocycles. The molecule has 1 fully saturated rings. The molecule has 0 radical (unpaired) electrons. The Bertz CT molecular complexity index is 968. The Morgan fingerprint density at radius 2 is 1.87 bits per heavy atom. The number of hydrogen-bond acceptors (Lipinski definition) is 7. The molecule has 1 aliphatic heterocycles. The molecular formula is C23H30N4O4. The average molecular weight is 427 g/mol. The molecule has 1 unspecified atom stereocenters. The van der Waals surface area contributed by atoms with E-state index in [1.54, 1.807) is 42.5 Å². The Hall–Kier alpha value is -3.65. The number of para-hydroxylation sites is 1. The maximum atomic E-state index is 10.4. The van der Waals surface area contributed by atoms with Gasteiger partial charge in [0.25, 0.3) is 0 Å². The van der Waals surface area contributed by atoms with E-state index in [2.05, 4.69) is 0 Å². The third-order valence-corrected chi connectivity index (χ3v) is 4.65. The van der Waals surface area contributed by atoms with Gasteiger partial charge in [-0.1, -0.05) is 29.8 Å². The lowest BCUT2D eigenvalue weighted by molar-refractivity contribution is -0.00485. The molecule has 166 valence electrons. The van der Waals surface area contributed by atoms with Gasteiger partial charge in [0, 0.05) is 24.4 Å². The zero-order valence-corrected chi connectivity index (χ0v) is 17.8. The van der Waals surface area contributed by atoms with Crippen molar-refractivity contribution < 1.29 is 19.7 Å². The summed E-state index contributed by atoms with van der Waals surface area (Å²) in [6.07, 6.45) is 1.80. The van der Waals surface area contributed by atoms with Crippen LogP contribution in [0, 0.1) is 6.92 Å². The van der Waals surface area contributed by atoms with Gasteiger partial charge in [-0.3, -0.25) is 0 Å². The highest BCUT2D eigenvalue weighted by Crippen LogP contribution is 2.23. The Morgan fingerprint density at radius 3 is 2.42 bits per heavy atom. The lowest BCUT2D eigenvalue weighted by atomic mass is 10.1.